The van der Waals surface area contributed by atoms with Gasteiger partial charge in [-0.05, 0) is 49.2 Å². The number of nitrogens with zero attached hydrogens (tertiary/aromatic N) is 3. The number of carbonyl (C=O) groups excluding carboxylic acids is 1. The summed E-state index contributed by atoms with van der Waals surface area (Å²) in [5, 5.41) is 11.0. The van der Waals surface area contributed by atoms with Gasteiger partial charge in [-0.25, -0.2) is 4.68 Å². The SMILES string of the molecule is CCc1ccc(NC(=O)c2ccc3c(c2)nnn3CC)cc1. The molecule has 0 aliphatic rings. The summed E-state index contributed by atoms with van der Waals surface area (Å²) in [6.45, 7) is 4.87. The first-order valence-electron chi connectivity index (χ1n) is 7.44. The summed E-state index contributed by atoms with van der Waals surface area (Å²) in [6.07, 6.45) is 0.984. The molecule has 3 aromatic rings. The number of anilines is 1. The van der Waals surface area contributed by atoms with E-state index in [0.29, 0.717) is 5.56 Å². The molecule has 22 heavy (non-hydrogen) atoms. The van der Waals surface area contributed by atoms with Crippen LogP contribution in [0.2, 0.25) is 0 Å². The molecule has 0 radical (unpaired) electrons. The normalized spacial score (nSPS) is 10.8. The van der Waals surface area contributed by atoms with Crippen LogP contribution in [0.3, 0.4) is 0 Å². The van der Waals surface area contributed by atoms with Gasteiger partial charge in [0, 0.05) is 17.8 Å². The molecular weight excluding hydrogens is 276 g/mol. The van der Waals surface area contributed by atoms with E-state index in [9.17, 15) is 4.79 Å². The first kappa shape index (κ1) is 14.3. The molecule has 1 N–H and O–H groups in total. The maximum Gasteiger partial charge on any atom is 0.255 e. The van der Waals surface area contributed by atoms with Crippen LogP contribution in [0.15, 0.2) is 42.5 Å². The van der Waals surface area contributed by atoms with Gasteiger partial charge in [-0.3, -0.25) is 4.79 Å². The second-order valence-corrected chi connectivity index (χ2v) is 5.11. The predicted octanol–water partition coefficient (Wildman–Crippen LogP) is 3.27. The summed E-state index contributed by atoms with van der Waals surface area (Å²) in [5.41, 5.74) is 4.28. The predicted molar refractivity (Wildman–Crippen MR) is 87.0 cm³/mol. The molecule has 0 spiro atoms. The molecule has 0 saturated carbocycles. The van der Waals surface area contributed by atoms with E-state index in [1.54, 1.807) is 16.8 Å². The van der Waals surface area contributed by atoms with E-state index in [1.807, 2.05) is 37.3 Å². The van der Waals surface area contributed by atoms with Crippen molar-refractivity contribution in [1.29, 1.82) is 0 Å². The van der Waals surface area contributed by atoms with Crippen molar-refractivity contribution in [3.63, 3.8) is 0 Å². The van der Waals surface area contributed by atoms with Crippen LogP contribution in [0.25, 0.3) is 11.0 Å². The first-order chi connectivity index (χ1) is 10.7. The van der Waals surface area contributed by atoms with E-state index < -0.39 is 0 Å². The second kappa shape index (κ2) is 5.97. The lowest BCUT2D eigenvalue weighted by atomic mass is 10.1. The number of hydrogen-bond acceptors (Lipinski definition) is 3. The van der Waals surface area contributed by atoms with E-state index in [0.717, 1.165) is 29.7 Å². The molecule has 0 atom stereocenters. The molecule has 1 heterocycles. The van der Waals surface area contributed by atoms with Gasteiger partial charge in [0.25, 0.3) is 5.91 Å². The molecule has 1 amide bonds. The number of rotatable bonds is 4. The number of aryl methyl sites for hydroxylation is 2. The topological polar surface area (TPSA) is 59.8 Å². The Labute approximate surface area is 129 Å². The minimum absolute atomic E-state index is 0.141. The molecule has 0 saturated heterocycles. The fourth-order valence-electron chi connectivity index (χ4n) is 2.37. The Morgan fingerprint density at radius 1 is 1.14 bits per heavy atom. The third-order valence-electron chi connectivity index (χ3n) is 3.70. The number of benzene rings is 2. The van der Waals surface area contributed by atoms with Gasteiger partial charge in [0.2, 0.25) is 0 Å². The molecule has 0 fully saturated rings. The van der Waals surface area contributed by atoms with E-state index in [1.165, 1.54) is 5.56 Å². The highest BCUT2D eigenvalue weighted by molar-refractivity contribution is 6.05. The van der Waals surface area contributed by atoms with Crippen molar-refractivity contribution >= 4 is 22.6 Å². The molecule has 1 aromatic heterocycles. The number of hydrogen-bond donors (Lipinski definition) is 1. The molecule has 5 nitrogen and oxygen atoms in total. The molecular formula is C17H18N4O. The van der Waals surface area contributed by atoms with Crippen LogP contribution in [0, 0.1) is 0 Å². The molecule has 112 valence electrons. The minimum atomic E-state index is -0.141. The molecule has 5 heteroatoms. The first-order valence-corrected chi connectivity index (χ1v) is 7.44. The van der Waals surface area contributed by atoms with Gasteiger partial charge in [0.15, 0.2) is 0 Å². The number of fused-ring (bicyclic) bond motifs is 1. The van der Waals surface area contributed by atoms with E-state index in [-0.39, 0.29) is 5.91 Å². The maximum atomic E-state index is 12.3. The van der Waals surface area contributed by atoms with E-state index in [4.69, 9.17) is 0 Å². The van der Waals surface area contributed by atoms with E-state index in [2.05, 4.69) is 22.6 Å². The van der Waals surface area contributed by atoms with Crippen LogP contribution in [-0.4, -0.2) is 20.9 Å². The molecule has 0 bridgehead atoms. The fraction of sp³-hybridized carbons (Fsp3) is 0.235. The zero-order valence-corrected chi connectivity index (χ0v) is 12.7. The monoisotopic (exact) mass is 294 g/mol. The third-order valence-corrected chi connectivity index (χ3v) is 3.70. The summed E-state index contributed by atoms with van der Waals surface area (Å²) in [6, 6.07) is 13.3. The summed E-state index contributed by atoms with van der Waals surface area (Å²) in [7, 11) is 0. The van der Waals surface area contributed by atoms with Gasteiger partial charge < -0.3 is 5.32 Å². The lowest BCUT2D eigenvalue weighted by Gasteiger charge is -2.06. The lowest BCUT2D eigenvalue weighted by molar-refractivity contribution is 0.102. The van der Waals surface area contributed by atoms with Crippen molar-refractivity contribution in [1.82, 2.24) is 15.0 Å². The van der Waals surface area contributed by atoms with Gasteiger partial charge in [-0.2, -0.15) is 0 Å². The average molecular weight is 294 g/mol. The van der Waals surface area contributed by atoms with Crippen molar-refractivity contribution in [2.75, 3.05) is 5.32 Å². The highest BCUT2D eigenvalue weighted by Gasteiger charge is 2.10. The number of carbonyl (C=O) groups is 1. The highest BCUT2D eigenvalue weighted by Crippen LogP contribution is 2.16. The number of aromatic nitrogens is 3. The Hall–Kier alpha value is -2.69. The van der Waals surface area contributed by atoms with Crippen LogP contribution >= 0.6 is 0 Å². The molecule has 2 aromatic carbocycles. The number of nitrogens with one attached hydrogen (secondary N) is 1. The van der Waals surface area contributed by atoms with Gasteiger partial charge >= 0.3 is 0 Å². The summed E-state index contributed by atoms with van der Waals surface area (Å²) in [4.78, 5) is 12.3. The summed E-state index contributed by atoms with van der Waals surface area (Å²) >= 11 is 0. The third kappa shape index (κ3) is 2.70. The Kier molecular flexibility index (Phi) is 3.87. The molecule has 3 rings (SSSR count). The van der Waals surface area contributed by atoms with Gasteiger partial charge in [0.05, 0.1) is 5.52 Å². The fourth-order valence-corrected chi connectivity index (χ4v) is 2.37. The molecule has 0 unspecified atom stereocenters. The van der Waals surface area contributed by atoms with Crippen molar-refractivity contribution in [2.45, 2.75) is 26.8 Å². The zero-order valence-electron chi connectivity index (χ0n) is 12.7. The number of amides is 1. The van der Waals surface area contributed by atoms with Crippen LogP contribution < -0.4 is 5.32 Å². The Morgan fingerprint density at radius 2 is 1.91 bits per heavy atom. The quantitative estimate of drug-likeness (QED) is 0.803. The Morgan fingerprint density at radius 3 is 2.59 bits per heavy atom. The lowest BCUT2D eigenvalue weighted by Crippen LogP contribution is -2.11. The zero-order chi connectivity index (χ0) is 15.5. The van der Waals surface area contributed by atoms with Crippen LogP contribution in [0.4, 0.5) is 5.69 Å². The van der Waals surface area contributed by atoms with Crippen LogP contribution in [-0.2, 0) is 13.0 Å². The largest absolute Gasteiger partial charge is 0.322 e. The summed E-state index contributed by atoms with van der Waals surface area (Å²) < 4.78 is 1.81. The molecule has 0 aliphatic heterocycles. The van der Waals surface area contributed by atoms with Crippen LogP contribution in [0.1, 0.15) is 29.8 Å². The minimum Gasteiger partial charge on any atom is -0.322 e. The Balaban J connectivity index is 1.82. The molecule has 0 aliphatic carbocycles. The summed E-state index contributed by atoms with van der Waals surface area (Å²) in [5.74, 6) is -0.141. The standard InChI is InChI=1S/C17H18N4O/c1-3-12-5-8-14(9-6-12)18-17(22)13-7-10-16-15(11-13)19-20-21(16)4-2/h5-11H,3-4H2,1-2H3,(H,18,22). The van der Waals surface area contributed by atoms with Crippen molar-refractivity contribution in [2.24, 2.45) is 0 Å². The van der Waals surface area contributed by atoms with E-state index >= 15 is 0 Å². The van der Waals surface area contributed by atoms with Crippen molar-refractivity contribution in [3.05, 3.63) is 53.6 Å². The highest BCUT2D eigenvalue weighted by atomic mass is 16.1. The Bertz CT molecular complexity index is 805. The van der Waals surface area contributed by atoms with Gasteiger partial charge in [-0.15, -0.1) is 5.10 Å². The van der Waals surface area contributed by atoms with Crippen LogP contribution in [0.5, 0.6) is 0 Å². The smallest absolute Gasteiger partial charge is 0.255 e. The van der Waals surface area contributed by atoms with Gasteiger partial charge in [-0.1, -0.05) is 24.3 Å². The average Bonchev–Trinajstić information content (AvgIpc) is 2.97. The second-order valence-electron chi connectivity index (χ2n) is 5.11. The van der Waals surface area contributed by atoms with Crippen molar-refractivity contribution in [3.8, 4) is 0 Å². The maximum absolute atomic E-state index is 12.3. The van der Waals surface area contributed by atoms with Crippen molar-refractivity contribution < 1.29 is 4.79 Å². The van der Waals surface area contributed by atoms with Gasteiger partial charge in [0.1, 0.15) is 5.52 Å².